The molecule has 0 atom stereocenters. The van der Waals surface area contributed by atoms with Crippen LogP contribution >= 0.6 is 23.1 Å². The van der Waals surface area contributed by atoms with Crippen molar-refractivity contribution < 1.29 is 4.79 Å². The molecule has 2 aromatic carbocycles. The Morgan fingerprint density at radius 3 is 2.62 bits per heavy atom. The van der Waals surface area contributed by atoms with Crippen molar-refractivity contribution >= 4 is 45.0 Å². The standard InChI is InChI=1S/C20H17N5O2S2/c1-2-17-23-24-19(29-17)22-16(26)12-28-20-21-15-11-7-6-10-14(15)18(27)25(20)13-8-4-3-5-9-13/h3-11H,2,12H2,1H3,(H,22,24,26). The first-order valence-corrected chi connectivity index (χ1v) is 10.8. The SMILES string of the molecule is CCc1nnc(NC(=O)CSc2nc3ccccc3c(=O)n2-c2ccccc2)s1. The van der Waals surface area contributed by atoms with Crippen LogP contribution in [0.15, 0.2) is 64.5 Å². The van der Waals surface area contributed by atoms with Gasteiger partial charge in [-0.15, -0.1) is 10.2 Å². The fourth-order valence-electron chi connectivity index (χ4n) is 2.75. The molecule has 0 radical (unpaired) electrons. The molecule has 1 N–H and O–H groups in total. The average Bonchev–Trinajstić information content (AvgIpc) is 3.20. The van der Waals surface area contributed by atoms with Gasteiger partial charge in [-0.2, -0.15) is 0 Å². The maximum atomic E-state index is 13.1. The molecule has 0 bridgehead atoms. The van der Waals surface area contributed by atoms with E-state index in [1.54, 1.807) is 16.7 Å². The fraction of sp³-hybridized carbons (Fsp3) is 0.150. The molecule has 0 spiro atoms. The molecule has 29 heavy (non-hydrogen) atoms. The molecule has 0 aliphatic rings. The highest BCUT2D eigenvalue weighted by atomic mass is 32.2. The van der Waals surface area contributed by atoms with Gasteiger partial charge in [0.05, 0.1) is 22.3 Å². The highest BCUT2D eigenvalue weighted by Crippen LogP contribution is 2.22. The number of carbonyl (C=O) groups excluding carboxylic acids is 1. The van der Waals surface area contributed by atoms with E-state index in [1.165, 1.54) is 23.1 Å². The molecule has 4 aromatic rings. The third-order valence-electron chi connectivity index (χ3n) is 4.11. The molecule has 0 aliphatic carbocycles. The maximum absolute atomic E-state index is 13.1. The molecular formula is C20H17N5O2S2. The fourth-order valence-corrected chi connectivity index (χ4v) is 4.25. The van der Waals surface area contributed by atoms with Crippen LogP contribution in [-0.2, 0) is 11.2 Å². The molecule has 0 saturated carbocycles. The van der Waals surface area contributed by atoms with Crippen LogP contribution in [0.3, 0.4) is 0 Å². The lowest BCUT2D eigenvalue weighted by Crippen LogP contribution is -2.22. The smallest absolute Gasteiger partial charge is 0.266 e. The number of benzene rings is 2. The van der Waals surface area contributed by atoms with E-state index in [4.69, 9.17) is 0 Å². The Balaban J connectivity index is 1.63. The molecule has 1 amide bonds. The van der Waals surface area contributed by atoms with E-state index in [0.717, 1.165) is 11.4 Å². The van der Waals surface area contributed by atoms with Crippen LogP contribution < -0.4 is 10.9 Å². The number of hydrogen-bond acceptors (Lipinski definition) is 7. The highest BCUT2D eigenvalue weighted by molar-refractivity contribution is 7.99. The Labute approximate surface area is 174 Å². The third-order valence-corrected chi connectivity index (χ3v) is 6.03. The summed E-state index contributed by atoms with van der Waals surface area (Å²) in [5, 5.41) is 13.0. The van der Waals surface area contributed by atoms with Gasteiger partial charge < -0.3 is 0 Å². The summed E-state index contributed by atoms with van der Waals surface area (Å²) in [4.78, 5) is 30.1. The van der Waals surface area contributed by atoms with Crippen LogP contribution in [0, 0.1) is 0 Å². The summed E-state index contributed by atoms with van der Waals surface area (Å²) in [6.45, 7) is 1.98. The van der Waals surface area contributed by atoms with E-state index in [-0.39, 0.29) is 17.2 Å². The van der Waals surface area contributed by atoms with Gasteiger partial charge in [0.1, 0.15) is 5.01 Å². The van der Waals surface area contributed by atoms with Gasteiger partial charge in [-0.3, -0.25) is 19.5 Å². The van der Waals surface area contributed by atoms with Crippen molar-refractivity contribution in [2.24, 2.45) is 0 Å². The third kappa shape index (κ3) is 4.20. The summed E-state index contributed by atoms with van der Waals surface area (Å²) in [6, 6.07) is 16.5. The zero-order valence-corrected chi connectivity index (χ0v) is 17.2. The lowest BCUT2D eigenvalue weighted by molar-refractivity contribution is -0.113. The zero-order valence-electron chi connectivity index (χ0n) is 15.5. The van der Waals surface area contributed by atoms with Crippen molar-refractivity contribution in [2.45, 2.75) is 18.5 Å². The minimum absolute atomic E-state index is 0.0959. The van der Waals surface area contributed by atoms with Gasteiger partial charge in [0, 0.05) is 0 Å². The second-order valence-electron chi connectivity index (χ2n) is 6.08. The van der Waals surface area contributed by atoms with Gasteiger partial charge in [0.2, 0.25) is 11.0 Å². The topological polar surface area (TPSA) is 89.8 Å². The number of rotatable bonds is 6. The van der Waals surface area contributed by atoms with Crippen molar-refractivity contribution in [2.75, 3.05) is 11.1 Å². The lowest BCUT2D eigenvalue weighted by Gasteiger charge is -2.13. The van der Waals surface area contributed by atoms with Crippen molar-refractivity contribution in [1.82, 2.24) is 19.7 Å². The van der Waals surface area contributed by atoms with E-state index in [9.17, 15) is 9.59 Å². The molecule has 0 saturated heterocycles. The van der Waals surface area contributed by atoms with E-state index in [0.29, 0.717) is 26.9 Å². The van der Waals surface area contributed by atoms with Gasteiger partial charge in [-0.05, 0) is 30.7 Å². The minimum Gasteiger partial charge on any atom is -0.300 e. The number of amides is 1. The van der Waals surface area contributed by atoms with E-state index < -0.39 is 0 Å². The molecule has 2 heterocycles. The second-order valence-corrected chi connectivity index (χ2v) is 8.08. The predicted molar refractivity (Wildman–Crippen MR) is 116 cm³/mol. The molecule has 7 nitrogen and oxygen atoms in total. The van der Waals surface area contributed by atoms with Gasteiger partial charge >= 0.3 is 0 Å². The quantitative estimate of drug-likeness (QED) is 0.377. The molecule has 146 valence electrons. The first kappa shape index (κ1) is 19.3. The van der Waals surface area contributed by atoms with Gasteiger partial charge in [0.15, 0.2) is 5.16 Å². The number of aryl methyl sites for hydroxylation is 1. The normalized spacial score (nSPS) is 10.9. The Hall–Kier alpha value is -3.04. The van der Waals surface area contributed by atoms with E-state index >= 15 is 0 Å². The molecule has 0 aliphatic heterocycles. The summed E-state index contributed by atoms with van der Waals surface area (Å²) < 4.78 is 1.54. The van der Waals surface area contributed by atoms with Crippen molar-refractivity contribution in [1.29, 1.82) is 0 Å². The Morgan fingerprint density at radius 2 is 1.86 bits per heavy atom. The number of anilines is 1. The predicted octanol–water partition coefficient (Wildman–Crippen LogP) is 3.53. The van der Waals surface area contributed by atoms with Crippen molar-refractivity contribution in [3.05, 3.63) is 70.0 Å². The van der Waals surface area contributed by atoms with Crippen molar-refractivity contribution in [3.8, 4) is 5.69 Å². The van der Waals surface area contributed by atoms with E-state index in [1.807, 2.05) is 49.4 Å². The summed E-state index contributed by atoms with van der Waals surface area (Å²) in [6.07, 6.45) is 0.770. The molecule has 0 unspecified atom stereocenters. The van der Waals surface area contributed by atoms with Crippen LogP contribution in [0.1, 0.15) is 11.9 Å². The van der Waals surface area contributed by atoms with Gasteiger partial charge in [-0.25, -0.2) is 4.98 Å². The van der Waals surface area contributed by atoms with Crippen molar-refractivity contribution in [3.63, 3.8) is 0 Å². The molecule has 4 rings (SSSR count). The number of nitrogens with zero attached hydrogens (tertiary/aromatic N) is 4. The highest BCUT2D eigenvalue weighted by Gasteiger charge is 2.15. The molecule has 9 heteroatoms. The average molecular weight is 424 g/mol. The second kappa shape index (κ2) is 8.54. The number of para-hydroxylation sites is 2. The molecular weight excluding hydrogens is 406 g/mol. The number of fused-ring (bicyclic) bond motifs is 1. The van der Waals surface area contributed by atoms with Crippen LogP contribution in [0.25, 0.3) is 16.6 Å². The molecule has 0 fully saturated rings. The monoisotopic (exact) mass is 423 g/mol. The Morgan fingerprint density at radius 1 is 1.10 bits per heavy atom. The maximum Gasteiger partial charge on any atom is 0.266 e. The van der Waals surface area contributed by atoms with Gasteiger partial charge in [0.25, 0.3) is 5.56 Å². The van der Waals surface area contributed by atoms with Gasteiger partial charge in [-0.1, -0.05) is 60.4 Å². The van der Waals surface area contributed by atoms with Crippen LogP contribution in [0.2, 0.25) is 0 Å². The summed E-state index contributed by atoms with van der Waals surface area (Å²) in [5.74, 6) is -0.130. The van der Waals surface area contributed by atoms with Crippen LogP contribution in [-0.4, -0.2) is 31.4 Å². The Kier molecular flexibility index (Phi) is 5.68. The van der Waals surface area contributed by atoms with Crippen LogP contribution in [0.5, 0.6) is 0 Å². The number of carbonyl (C=O) groups is 1. The number of thioether (sulfide) groups is 1. The molecule has 2 aromatic heterocycles. The summed E-state index contributed by atoms with van der Waals surface area (Å²) in [5.41, 5.74) is 1.14. The summed E-state index contributed by atoms with van der Waals surface area (Å²) >= 11 is 2.56. The number of nitrogens with one attached hydrogen (secondary N) is 1. The lowest BCUT2D eigenvalue weighted by atomic mass is 10.2. The minimum atomic E-state index is -0.226. The van der Waals surface area contributed by atoms with Crippen LogP contribution in [0.4, 0.5) is 5.13 Å². The van der Waals surface area contributed by atoms with E-state index in [2.05, 4.69) is 20.5 Å². The summed E-state index contributed by atoms with van der Waals surface area (Å²) in [7, 11) is 0. The number of aromatic nitrogens is 4. The number of hydrogen-bond donors (Lipinski definition) is 1. The first-order valence-electron chi connectivity index (χ1n) is 8.98. The zero-order chi connectivity index (χ0) is 20.2. The first-order chi connectivity index (χ1) is 14.2. The Bertz CT molecular complexity index is 1220. The largest absolute Gasteiger partial charge is 0.300 e.